The Morgan fingerprint density at radius 1 is 0.533 bits per heavy atom. The van der Waals surface area contributed by atoms with E-state index in [0.29, 0.717) is 49.0 Å². The molecule has 0 spiro atoms. The first-order valence-corrected chi connectivity index (χ1v) is 12.4. The third-order valence-electron chi connectivity index (χ3n) is 4.69. The van der Waals surface area contributed by atoms with Crippen LogP contribution in [0.5, 0.6) is 0 Å². The zero-order chi connectivity index (χ0) is 22.5. The van der Waals surface area contributed by atoms with Gasteiger partial charge in [0.05, 0.1) is 0 Å². The molecule has 0 aromatic heterocycles. The van der Waals surface area contributed by atoms with Crippen LogP contribution in [-0.4, -0.2) is 48.0 Å². The Kier molecular flexibility index (Phi) is 20.1. The van der Waals surface area contributed by atoms with Gasteiger partial charge >= 0.3 is 0 Å². The minimum Gasteiger partial charge on any atom is -0.372 e. The molecule has 0 atom stereocenters. The maximum atomic E-state index is 11.8. The molecule has 4 N–H and O–H groups in total. The van der Waals surface area contributed by atoms with Gasteiger partial charge in [-0.05, 0) is 12.8 Å². The lowest BCUT2D eigenvalue weighted by Crippen LogP contribution is -2.43. The fraction of sp³-hybridized carbons (Fsp3) is 0.818. The lowest BCUT2D eigenvalue weighted by Gasteiger charge is -2.12. The second-order valence-electron chi connectivity index (χ2n) is 7.54. The number of unbranched alkanes of at least 4 members (excludes halogenated alkanes) is 8. The van der Waals surface area contributed by atoms with Crippen LogP contribution in [0.1, 0.15) is 90.9 Å². The minimum absolute atomic E-state index is 0.0843. The van der Waals surface area contributed by atoms with Gasteiger partial charge in [-0.2, -0.15) is 0 Å². The molecule has 0 aliphatic rings. The van der Waals surface area contributed by atoms with E-state index in [4.69, 9.17) is 24.4 Å². The van der Waals surface area contributed by atoms with E-state index in [2.05, 4.69) is 35.1 Å². The van der Waals surface area contributed by atoms with Gasteiger partial charge in [-0.1, -0.05) is 89.6 Å². The first-order valence-electron chi connectivity index (χ1n) is 11.6. The number of carbonyl (C=O) groups excluding carboxylic acids is 2. The SMILES string of the molecule is CCCCCCCC(=O)NCCNC(=S)C(=S)NCCNC(=O)CCCCCCC. The molecule has 0 rings (SSSR count). The van der Waals surface area contributed by atoms with Crippen LogP contribution >= 0.6 is 24.4 Å². The highest BCUT2D eigenvalue weighted by Crippen LogP contribution is 2.05. The Morgan fingerprint density at radius 2 is 0.867 bits per heavy atom. The van der Waals surface area contributed by atoms with Crippen LogP contribution in [0.15, 0.2) is 0 Å². The number of carbonyl (C=O) groups is 2. The second kappa shape index (κ2) is 21.0. The van der Waals surface area contributed by atoms with E-state index in [1.54, 1.807) is 0 Å². The molecule has 0 unspecified atom stereocenters. The quantitative estimate of drug-likeness (QED) is 0.185. The van der Waals surface area contributed by atoms with E-state index >= 15 is 0 Å². The Labute approximate surface area is 194 Å². The number of nitrogens with one attached hydrogen (secondary N) is 4. The number of amides is 2. The molecule has 0 aromatic rings. The Morgan fingerprint density at radius 3 is 1.23 bits per heavy atom. The number of thiocarbonyl (C=S) groups is 2. The van der Waals surface area contributed by atoms with Gasteiger partial charge in [-0.25, -0.2) is 0 Å². The van der Waals surface area contributed by atoms with Crippen LogP contribution in [0.25, 0.3) is 0 Å². The van der Waals surface area contributed by atoms with Crippen LogP contribution in [0, 0.1) is 0 Å². The molecule has 0 aliphatic heterocycles. The van der Waals surface area contributed by atoms with Crippen LogP contribution in [0.3, 0.4) is 0 Å². The third-order valence-corrected chi connectivity index (χ3v) is 5.51. The van der Waals surface area contributed by atoms with E-state index in [1.807, 2.05) is 0 Å². The van der Waals surface area contributed by atoms with Gasteiger partial charge in [0.2, 0.25) is 11.8 Å². The van der Waals surface area contributed by atoms with Crippen molar-refractivity contribution < 1.29 is 9.59 Å². The van der Waals surface area contributed by atoms with Gasteiger partial charge in [0.1, 0.15) is 9.98 Å². The highest BCUT2D eigenvalue weighted by atomic mass is 32.1. The molecule has 0 aliphatic carbocycles. The smallest absolute Gasteiger partial charge is 0.220 e. The van der Waals surface area contributed by atoms with Crippen molar-refractivity contribution in [1.29, 1.82) is 0 Å². The van der Waals surface area contributed by atoms with Crippen LogP contribution in [0.4, 0.5) is 0 Å². The normalized spacial score (nSPS) is 10.3. The van der Waals surface area contributed by atoms with Gasteiger partial charge in [-0.3, -0.25) is 9.59 Å². The molecule has 0 saturated carbocycles. The van der Waals surface area contributed by atoms with Gasteiger partial charge in [0, 0.05) is 39.0 Å². The number of hydrogen-bond donors (Lipinski definition) is 4. The molecule has 174 valence electrons. The van der Waals surface area contributed by atoms with Gasteiger partial charge in [0.15, 0.2) is 0 Å². The first kappa shape index (κ1) is 28.7. The third kappa shape index (κ3) is 18.7. The number of rotatable bonds is 18. The second-order valence-corrected chi connectivity index (χ2v) is 8.36. The zero-order valence-electron chi connectivity index (χ0n) is 18.9. The van der Waals surface area contributed by atoms with Crippen LogP contribution in [-0.2, 0) is 9.59 Å². The lowest BCUT2D eigenvalue weighted by molar-refractivity contribution is -0.122. The maximum absolute atomic E-state index is 11.8. The average Bonchev–Trinajstić information content (AvgIpc) is 2.73. The fourth-order valence-corrected chi connectivity index (χ4v) is 3.22. The summed E-state index contributed by atoms with van der Waals surface area (Å²) in [5.41, 5.74) is 0. The fourth-order valence-electron chi connectivity index (χ4n) is 2.87. The molecule has 0 fully saturated rings. The molecule has 0 radical (unpaired) electrons. The van der Waals surface area contributed by atoms with Crippen molar-refractivity contribution in [3.05, 3.63) is 0 Å². The van der Waals surface area contributed by atoms with Crippen LogP contribution < -0.4 is 21.3 Å². The Bertz CT molecular complexity index is 458. The van der Waals surface area contributed by atoms with Crippen molar-refractivity contribution >= 4 is 46.2 Å². The van der Waals surface area contributed by atoms with Crippen molar-refractivity contribution in [3.63, 3.8) is 0 Å². The monoisotopic (exact) mass is 458 g/mol. The van der Waals surface area contributed by atoms with Crippen molar-refractivity contribution in [2.75, 3.05) is 26.2 Å². The summed E-state index contributed by atoms with van der Waals surface area (Å²) in [6.07, 6.45) is 12.6. The summed E-state index contributed by atoms with van der Waals surface area (Å²) in [4.78, 5) is 24.4. The van der Waals surface area contributed by atoms with E-state index in [-0.39, 0.29) is 11.8 Å². The predicted octanol–water partition coefficient (Wildman–Crippen LogP) is 3.77. The zero-order valence-corrected chi connectivity index (χ0v) is 20.6. The van der Waals surface area contributed by atoms with Crippen LogP contribution in [0.2, 0.25) is 0 Å². The topological polar surface area (TPSA) is 82.3 Å². The lowest BCUT2D eigenvalue weighted by atomic mass is 10.1. The van der Waals surface area contributed by atoms with E-state index in [1.165, 1.54) is 38.5 Å². The summed E-state index contributed by atoms with van der Waals surface area (Å²) in [5, 5.41) is 11.9. The van der Waals surface area contributed by atoms with Crippen molar-refractivity contribution in [2.24, 2.45) is 0 Å². The summed E-state index contributed by atoms with van der Waals surface area (Å²) in [6.45, 7) is 6.48. The predicted molar refractivity (Wildman–Crippen MR) is 134 cm³/mol. The van der Waals surface area contributed by atoms with E-state index < -0.39 is 0 Å². The largest absolute Gasteiger partial charge is 0.372 e. The number of hydrogen-bond acceptors (Lipinski definition) is 4. The van der Waals surface area contributed by atoms with Gasteiger partial charge in [-0.15, -0.1) is 0 Å². The summed E-state index contributed by atoms with van der Waals surface area (Å²) in [7, 11) is 0. The highest BCUT2D eigenvalue weighted by molar-refractivity contribution is 7.89. The van der Waals surface area contributed by atoms with Crippen molar-refractivity contribution in [2.45, 2.75) is 90.9 Å². The molecule has 8 heteroatoms. The van der Waals surface area contributed by atoms with Crippen molar-refractivity contribution in [1.82, 2.24) is 21.3 Å². The molecule has 0 bridgehead atoms. The Balaban J connectivity index is 3.60. The van der Waals surface area contributed by atoms with E-state index in [0.717, 1.165) is 25.7 Å². The highest BCUT2D eigenvalue weighted by Gasteiger charge is 2.05. The molecule has 0 aromatic carbocycles. The van der Waals surface area contributed by atoms with Gasteiger partial charge in [0.25, 0.3) is 0 Å². The summed E-state index contributed by atoms with van der Waals surface area (Å²) < 4.78 is 0. The molecule has 30 heavy (non-hydrogen) atoms. The maximum Gasteiger partial charge on any atom is 0.220 e. The standard InChI is InChI=1S/C22H42N4O2S2/c1-3-5-7-9-11-13-19(27)23-15-17-25-21(29)22(30)26-18-16-24-20(28)14-12-10-8-6-4-2/h3-18H2,1-2H3,(H,23,27)(H,24,28)(H,25,29)(H,26,30). The summed E-state index contributed by atoms with van der Waals surface area (Å²) in [6, 6.07) is 0. The summed E-state index contributed by atoms with van der Waals surface area (Å²) in [5.74, 6) is 0.169. The molecular weight excluding hydrogens is 416 g/mol. The Hall–Kier alpha value is -1.28. The average molecular weight is 459 g/mol. The van der Waals surface area contributed by atoms with Crippen molar-refractivity contribution in [3.8, 4) is 0 Å². The molecule has 2 amide bonds. The summed E-state index contributed by atoms with van der Waals surface area (Å²) >= 11 is 10.5. The van der Waals surface area contributed by atoms with E-state index in [9.17, 15) is 9.59 Å². The molecule has 0 heterocycles. The molecule has 0 saturated heterocycles. The van der Waals surface area contributed by atoms with Gasteiger partial charge < -0.3 is 21.3 Å². The molecule has 6 nitrogen and oxygen atoms in total. The minimum atomic E-state index is 0.0843. The first-order chi connectivity index (χ1) is 14.5. The molecular formula is C22H42N4O2S2.